The van der Waals surface area contributed by atoms with Crippen molar-refractivity contribution in [3.8, 4) is 23.0 Å². The lowest BCUT2D eigenvalue weighted by Gasteiger charge is -2.15. The Morgan fingerprint density at radius 1 is 0.815 bits per heavy atom. The minimum atomic E-state index is 0.700. The Morgan fingerprint density at radius 2 is 1.59 bits per heavy atom. The van der Waals surface area contributed by atoms with Gasteiger partial charge in [0, 0.05) is 11.6 Å². The molecule has 0 fully saturated rings. The average Bonchev–Trinajstić information content (AvgIpc) is 3.26. The van der Waals surface area contributed by atoms with E-state index in [9.17, 15) is 0 Å². The number of benzene rings is 2. The van der Waals surface area contributed by atoms with Gasteiger partial charge in [-0.1, -0.05) is 24.3 Å². The molecule has 3 rings (SSSR count). The van der Waals surface area contributed by atoms with Crippen molar-refractivity contribution in [1.82, 2.24) is 0 Å². The average molecular weight is 364 g/mol. The van der Waals surface area contributed by atoms with Crippen LogP contribution < -0.4 is 18.9 Å². The normalized spacial score (nSPS) is 13.3. The summed E-state index contributed by atoms with van der Waals surface area (Å²) < 4.78 is 21.8. The number of allylic oxidation sites excluding steroid dienone is 5. The Hall–Kier alpha value is -3.14. The Kier molecular flexibility index (Phi) is 5.87. The summed E-state index contributed by atoms with van der Waals surface area (Å²) in [4.78, 5) is 0. The molecule has 27 heavy (non-hydrogen) atoms. The Balaban J connectivity index is 2.12. The summed E-state index contributed by atoms with van der Waals surface area (Å²) in [6, 6.07) is 11.8. The molecule has 0 aliphatic heterocycles. The van der Waals surface area contributed by atoms with Crippen molar-refractivity contribution in [1.29, 1.82) is 0 Å². The first-order valence-corrected chi connectivity index (χ1v) is 8.72. The second kappa shape index (κ2) is 8.49. The van der Waals surface area contributed by atoms with E-state index in [0.717, 1.165) is 34.6 Å². The highest BCUT2D eigenvalue weighted by molar-refractivity contribution is 5.94. The van der Waals surface area contributed by atoms with Crippen molar-refractivity contribution < 1.29 is 18.9 Å². The second-order valence-corrected chi connectivity index (χ2v) is 6.06. The smallest absolute Gasteiger partial charge is 0.161 e. The topological polar surface area (TPSA) is 36.9 Å². The molecule has 0 amide bonds. The number of methoxy groups -OCH3 is 4. The van der Waals surface area contributed by atoms with Crippen molar-refractivity contribution in [3.63, 3.8) is 0 Å². The molecular weight excluding hydrogens is 340 g/mol. The van der Waals surface area contributed by atoms with Gasteiger partial charge >= 0.3 is 0 Å². The SMILES string of the molecule is COc1ccc(/C(=C/c2ccc(OC)c(OC)c2)C2=CC=CC2)c(OC)c1. The minimum Gasteiger partial charge on any atom is -0.497 e. The largest absolute Gasteiger partial charge is 0.497 e. The van der Waals surface area contributed by atoms with Gasteiger partial charge < -0.3 is 18.9 Å². The number of rotatable bonds is 7. The Bertz CT molecular complexity index is 907. The predicted molar refractivity (Wildman–Crippen MR) is 109 cm³/mol. The molecule has 2 aromatic rings. The van der Waals surface area contributed by atoms with Crippen LogP contribution in [0.2, 0.25) is 0 Å². The Labute approximate surface area is 160 Å². The van der Waals surface area contributed by atoms with E-state index >= 15 is 0 Å². The third-order valence-electron chi connectivity index (χ3n) is 4.53. The van der Waals surface area contributed by atoms with Crippen LogP contribution in [0.4, 0.5) is 0 Å². The van der Waals surface area contributed by atoms with E-state index in [1.54, 1.807) is 28.4 Å². The van der Waals surface area contributed by atoms with Crippen LogP contribution in [0.3, 0.4) is 0 Å². The molecule has 0 radical (unpaired) electrons. The van der Waals surface area contributed by atoms with Gasteiger partial charge in [0.15, 0.2) is 11.5 Å². The van der Waals surface area contributed by atoms with Crippen molar-refractivity contribution >= 4 is 11.6 Å². The van der Waals surface area contributed by atoms with Gasteiger partial charge in [-0.2, -0.15) is 0 Å². The molecule has 0 spiro atoms. The standard InChI is InChI=1S/C23H24O4/c1-24-18-10-11-19(22(15-18)26-3)20(17-7-5-6-8-17)13-16-9-12-21(25-2)23(14-16)27-4/h5-7,9-15H,8H2,1-4H3/b20-13+. The maximum atomic E-state index is 5.63. The molecule has 1 aliphatic carbocycles. The molecule has 0 saturated heterocycles. The van der Waals surface area contributed by atoms with Gasteiger partial charge in [0.25, 0.3) is 0 Å². The van der Waals surface area contributed by atoms with Gasteiger partial charge in [0.1, 0.15) is 11.5 Å². The fourth-order valence-corrected chi connectivity index (χ4v) is 3.12. The van der Waals surface area contributed by atoms with E-state index < -0.39 is 0 Å². The molecule has 0 unspecified atom stereocenters. The first-order chi connectivity index (χ1) is 13.2. The van der Waals surface area contributed by atoms with E-state index in [-0.39, 0.29) is 0 Å². The van der Waals surface area contributed by atoms with Crippen LogP contribution in [0.25, 0.3) is 11.6 Å². The summed E-state index contributed by atoms with van der Waals surface area (Å²) >= 11 is 0. The third kappa shape index (κ3) is 4.00. The molecule has 4 heteroatoms. The van der Waals surface area contributed by atoms with Crippen molar-refractivity contribution in [2.45, 2.75) is 6.42 Å². The third-order valence-corrected chi connectivity index (χ3v) is 4.53. The van der Waals surface area contributed by atoms with Crippen LogP contribution in [-0.2, 0) is 0 Å². The van der Waals surface area contributed by atoms with Gasteiger partial charge in [-0.05, 0) is 53.5 Å². The molecule has 140 valence electrons. The van der Waals surface area contributed by atoms with Crippen LogP contribution in [-0.4, -0.2) is 28.4 Å². The zero-order valence-corrected chi connectivity index (χ0v) is 16.1. The molecule has 0 atom stereocenters. The maximum absolute atomic E-state index is 5.63. The van der Waals surface area contributed by atoms with Crippen molar-refractivity contribution in [2.24, 2.45) is 0 Å². The summed E-state index contributed by atoms with van der Waals surface area (Å²) in [5, 5.41) is 0. The van der Waals surface area contributed by atoms with Gasteiger partial charge in [-0.15, -0.1) is 0 Å². The Morgan fingerprint density at radius 3 is 2.22 bits per heavy atom. The van der Waals surface area contributed by atoms with E-state index in [1.165, 1.54) is 5.57 Å². The van der Waals surface area contributed by atoms with Crippen LogP contribution >= 0.6 is 0 Å². The van der Waals surface area contributed by atoms with Crippen LogP contribution in [0, 0.1) is 0 Å². The molecule has 1 aliphatic rings. The summed E-state index contributed by atoms with van der Waals surface area (Å²) in [5.74, 6) is 2.94. The lowest BCUT2D eigenvalue weighted by Crippen LogP contribution is -1.96. The monoisotopic (exact) mass is 364 g/mol. The van der Waals surface area contributed by atoms with Crippen LogP contribution in [0.5, 0.6) is 23.0 Å². The zero-order chi connectivity index (χ0) is 19.2. The van der Waals surface area contributed by atoms with Crippen LogP contribution in [0.1, 0.15) is 17.5 Å². The van der Waals surface area contributed by atoms with Gasteiger partial charge in [-0.3, -0.25) is 0 Å². The lowest BCUT2D eigenvalue weighted by atomic mass is 9.94. The van der Waals surface area contributed by atoms with E-state index in [1.807, 2.05) is 36.4 Å². The van der Waals surface area contributed by atoms with Crippen LogP contribution in [0.15, 0.2) is 60.2 Å². The second-order valence-electron chi connectivity index (χ2n) is 6.06. The minimum absolute atomic E-state index is 0.700. The molecule has 0 saturated carbocycles. The predicted octanol–water partition coefficient (Wildman–Crippen LogP) is 5.15. The number of hydrogen-bond donors (Lipinski definition) is 0. The van der Waals surface area contributed by atoms with Crippen molar-refractivity contribution in [2.75, 3.05) is 28.4 Å². The van der Waals surface area contributed by atoms with Crippen molar-refractivity contribution in [3.05, 3.63) is 71.3 Å². The molecule has 0 heterocycles. The fourth-order valence-electron chi connectivity index (χ4n) is 3.12. The maximum Gasteiger partial charge on any atom is 0.161 e. The lowest BCUT2D eigenvalue weighted by molar-refractivity contribution is 0.355. The van der Waals surface area contributed by atoms with E-state index in [2.05, 4.69) is 24.3 Å². The molecular formula is C23H24O4. The van der Waals surface area contributed by atoms with Gasteiger partial charge in [-0.25, -0.2) is 0 Å². The molecule has 0 N–H and O–H groups in total. The molecule has 4 nitrogen and oxygen atoms in total. The number of ether oxygens (including phenoxy) is 4. The van der Waals surface area contributed by atoms with Gasteiger partial charge in [0.05, 0.1) is 28.4 Å². The first kappa shape index (κ1) is 18.6. The summed E-state index contributed by atoms with van der Waals surface area (Å²) in [6.45, 7) is 0. The summed E-state index contributed by atoms with van der Waals surface area (Å²) in [5.41, 5.74) is 4.37. The summed E-state index contributed by atoms with van der Waals surface area (Å²) in [7, 11) is 6.60. The summed E-state index contributed by atoms with van der Waals surface area (Å²) in [6.07, 6.45) is 9.39. The van der Waals surface area contributed by atoms with E-state index in [4.69, 9.17) is 18.9 Å². The first-order valence-electron chi connectivity index (χ1n) is 8.72. The number of hydrogen-bond acceptors (Lipinski definition) is 4. The quantitative estimate of drug-likeness (QED) is 0.637. The highest BCUT2D eigenvalue weighted by Crippen LogP contribution is 2.38. The molecule has 0 aromatic heterocycles. The molecule has 0 bridgehead atoms. The van der Waals surface area contributed by atoms with E-state index in [0.29, 0.717) is 11.5 Å². The van der Waals surface area contributed by atoms with Gasteiger partial charge in [0.2, 0.25) is 0 Å². The fraction of sp³-hybridized carbons (Fsp3) is 0.217. The molecule has 2 aromatic carbocycles. The zero-order valence-electron chi connectivity index (χ0n) is 16.1. The highest BCUT2D eigenvalue weighted by atomic mass is 16.5. The highest BCUT2D eigenvalue weighted by Gasteiger charge is 2.15.